The van der Waals surface area contributed by atoms with Crippen LogP contribution in [0.4, 0.5) is 5.69 Å². The van der Waals surface area contributed by atoms with Gasteiger partial charge in [-0.3, -0.25) is 0 Å². The third-order valence-corrected chi connectivity index (χ3v) is 3.40. The molecule has 0 bridgehead atoms. The van der Waals surface area contributed by atoms with Gasteiger partial charge in [-0.15, -0.1) is 0 Å². The summed E-state index contributed by atoms with van der Waals surface area (Å²) in [6.07, 6.45) is 0. The van der Waals surface area contributed by atoms with Gasteiger partial charge in [0.15, 0.2) is 0 Å². The van der Waals surface area contributed by atoms with E-state index < -0.39 is 0 Å². The highest BCUT2D eigenvalue weighted by Crippen LogP contribution is 2.35. The monoisotopic (exact) mass is 295 g/mol. The van der Waals surface area contributed by atoms with E-state index in [-0.39, 0.29) is 0 Å². The van der Waals surface area contributed by atoms with E-state index in [4.69, 9.17) is 22.1 Å². The molecule has 3 aromatic rings. The summed E-state index contributed by atoms with van der Waals surface area (Å²) < 4.78 is 5.97. The van der Waals surface area contributed by atoms with Crippen molar-refractivity contribution in [2.24, 2.45) is 0 Å². The molecule has 0 fully saturated rings. The highest BCUT2D eigenvalue weighted by Gasteiger charge is 2.08. The molecule has 0 atom stereocenters. The Labute approximate surface area is 128 Å². The highest BCUT2D eigenvalue weighted by molar-refractivity contribution is 6.30. The summed E-state index contributed by atoms with van der Waals surface area (Å²) in [6.45, 7) is 0. The summed E-state index contributed by atoms with van der Waals surface area (Å²) in [5.74, 6) is 1.36. The van der Waals surface area contributed by atoms with Crippen LogP contribution in [0.1, 0.15) is 0 Å². The van der Waals surface area contributed by atoms with Crippen molar-refractivity contribution in [2.45, 2.75) is 0 Å². The molecule has 21 heavy (non-hydrogen) atoms. The molecule has 0 heterocycles. The number of nitrogen functional groups attached to an aromatic ring is 1. The Balaban J connectivity index is 2.00. The van der Waals surface area contributed by atoms with Crippen molar-refractivity contribution in [3.63, 3.8) is 0 Å². The lowest BCUT2D eigenvalue weighted by Crippen LogP contribution is -1.93. The fraction of sp³-hybridized carbons (Fsp3) is 0. The van der Waals surface area contributed by atoms with E-state index >= 15 is 0 Å². The summed E-state index contributed by atoms with van der Waals surface area (Å²) in [5, 5.41) is 0.594. The summed E-state index contributed by atoms with van der Waals surface area (Å²) >= 11 is 5.91. The van der Waals surface area contributed by atoms with Gasteiger partial charge in [-0.25, -0.2) is 0 Å². The first-order valence-corrected chi connectivity index (χ1v) is 6.99. The minimum absolute atomic E-state index is 0.519. The second kappa shape index (κ2) is 5.90. The van der Waals surface area contributed by atoms with E-state index in [9.17, 15) is 0 Å². The first-order valence-electron chi connectivity index (χ1n) is 6.61. The van der Waals surface area contributed by atoms with Gasteiger partial charge in [-0.05, 0) is 29.8 Å². The zero-order valence-electron chi connectivity index (χ0n) is 11.3. The van der Waals surface area contributed by atoms with Gasteiger partial charge >= 0.3 is 0 Å². The van der Waals surface area contributed by atoms with Crippen LogP contribution in [0, 0.1) is 0 Å². The quantitative estimate of drug-likeness (QED) is 0.658. The molecular weight excluding hydrogens is 282 g/mol. The van der Waals surface area contributed by atoms with Crippen LogP contribution in [0.2, 0.25) is 5.02 Å². The van der Waals surface area contributed by atoms with Gasteiger partial charge in [0.1, 0.15) is 11.5 Å². The maximum absolute atomic E-state index is 5.97. The number of hydrogen-bond donors (Lipinski definition) is 1. The third-order valence-electron chi connectivity index (χ3n) is 3.16. The number of nitrogens with two attached hydrogens (primary N) is 1. The maximum Gasteiger partial charge on any atom is 0.150 e. The highest BCUT2D eigenvalue weighted by atomic mass is 35.5. The van der Waals surface area contributed by atoms with E-state index in [1.807, 2.05) is 54.6 Å². The third kappa shape index (κ3) is 3.01. The normalized spacial score (nSPS) is 10.3. The summed E-state index contributed by atoms with van der Waals surface area (Å²) in [5.41, 5.74) is 8.59. The van der Waals surface area contributed by atoms with Crippen molar-refractivity contribution >= 4 is 17.3 Å². The van der Waals surface area contributed by atoms with E-state index in [0.717, 1.165) is 16.9 Å². The Kier molecular flexibility index (Phi) is 3.80. The zero-order valence-corrected chi connectivity index (χ0v) is 12.0. The van der Waals surface area contributed by atoms with Crippen molar-refractivity contribution in [3.05, 3.63) is 77.8 Å². The molecule has 0 saturated carbocycles. The van der Waals surface area contributed by atoms with Crippen LogP contribution >= 0.6 is 11.6 Å². The molecule has 0 unspecified atom stereocenters. The van der Waals surface area contributed by atoms with Gasteiger partial charge < -0.3 is 10.5 Å². The van der Waals surface area contributed by atoms with Crippen molar-refractivity contribution in [1.82, 2.24) is 0 Å². The summed E-state index contributed by atoms with van der Waals surface area (Å²) in [6, 6.07) is 23.2. The van der Waals surface area contributed by atoms with Gasteiger partial charge in [0.05, 0.1) is 5.69 Å². The van der Waals surface area contributed by atoms with Crippen LogP contribution in [0.25, 0.3) is 11.1 Å². The number of para-hydroxylation sites is 1. The van der Waals surface area contributed by atoms with Crippen LogP contribution in [0.3, 0.4) is 0 Å². The van der Waals surface area contributed by atoms with Gasteiger partial charge in [-0.2, -0.15) is 0 Å². The molecular formula is C18H14ClNO. The molecule has 0 aliphatic carbocycles. The molecule has 0 aliphatic rings. The van der Waals surface area contributed by atoms with Crippen LogP contribution in [0.15, 0.2) is 72.8 Å². The molecule has 3 aromatic carbocycles. The van der Waals surface area contributed by atoms with Crippen LogP contribution in [0.5, 0.6) is 11.5 Å². The molecule has 3 heteroatoms. The number of halogens is 1. The Morgan fingerprint density at radius 2 is 1.48 bits per heavy atom. The van der Waals surface area contributed by atoms with E-state index in [1.54, 1.807) is 18.2 Å². The molecule has 104 valence electrons. The summed E-state index contributed by atoms with van der Waals surface area (Å²) in [4.78, 5) is 0. The van der Waals surface area contributed by atoms with Crippen molar-refractivity contribution in [3.8, 4) is 22.6 Å². The number of benzene rings is 3. The smallest absolute Gasteiger partial charge is 0.150 e. The largest absolute Gasteiger partial charge is 0.455 e. The second-order valence-electron chi connectivity index (χ2n) is 4.65. The van der Waals surface area contributed by atoms with E-state index in [0.29, 0.717) is 16.5 Å². The lowest BCUT2D eigenvalue weighted by molar-refractivity contribution is 0.487. The molecule has 2 nitrogen and oxygen atoms in total. The topological polar surface area (TPSA) is 35.2 Å². The second-order valence-corrected chi connectivity index (χ2v) is 5.08. The number of anilines is 1. The standard InChI is InChI=1S/C18H14ClNO/c19-14-10-11-18(16(20)12-14)21-17-9-5-4-8-15(17)13-6-2-1-3-7-13/h1-12H,20H2. The van der Waals surface area contributed by atoms with Crippen molar-refractivity contribution < 1.29 is 4.74 Å². The van der Waals surface area contributed by atoms with Gasteiger partial charge in [0.25, 0.3) is 0 Å². The average molecular weight is 296 g/mol. The van der Waals surface area contributed by atoms with E-state index in [1.165, 1.54) is 0 Å². The summed E-state index contributed by atoms with van der Waals surface area (Å²) in [7, 11) is 0. The van der Waals surface area contributed by atoms with Crippen LogP contribution in [-0.4, -0.2) is 0 Å². The molecule has 3 rings (SSSR count). The zero-order chi connectivity index (χ0) is 14.7. The Bertz CT molecular complexity index is 756. The lowest BCUT2D eigenvalue weighted by Gasteiger charge is -2.13. The lowest BCUT2D eigenvalue weighted by atomic mass is 10.0. The molecule has 0 radical (unpaired) electrons. The first-order chi connectivity index (χ1) is 10.2. The number of rotatable bonds is 3. The Morgan fingerprint density at radius 3 is 2.24 bits per heavy atom. The molecule has 0 aliphatic heterocycles. The fourth-order valence-corrected chi connectivity index (χ4v) is 2.32. The molecule has 2 N–H and O–H groups in total. The van der Waals surface area contributed by atoms with Gasteiger partial charge in [-0.1, -0.05) is 60.1 Å². The molecule has 0 spiro atoms. The Hall–Kier alpha value is -2.45. The SMILES string of the molecule is Nc1cc(Cl)ccc1Oc1ccccc1-c1ccccc1. The molecule has 0 amide bonds. The average Bonchev–Trinajstić information content (AvgIpc) is 2.51. The molecule has 0 saturated heterocycles. The van der Waals surface area contributed by atoms with Gasteiger partial charge in [0.2, 0.25) is 0 Å². The van der Waals surface area contributed by atoms with Crippen molar-refractivity contribution in [2.75, 3.05) is 5.73 Å². The Morgan fingerprint density at radius 1 is 0.762 bits per heavy atom. The molecule has 0 aromatic heterocycles. The van der Waals surface area contributed by atoms with E-state index in [2.05, 4.69) is 0 Å². The van der Waals surface area contributed by atoms with Crippen molar-refractivity contribution in [1.29, 1.82) is 0 Å². The minimum Gasteiger partial charge on any atom is -0.455 e. The predicted molar refractivity (Wildman–Crippen MR) is 87.8 cm³/mol. The van der Waals surface area contributed by atoms with Crippen LogP contribution < -0.4 is 10.5 Å². The fourth-order valence-electron chi connectivity index (χ4n) is 2.14. The first kappa shape index (κ1) is 13.5. The maximum atomic E-state index is 5.97. The minimum atomic E-state index is 0.519. The number of ether oxygens (including phenoxy) is 1. The predicted octanol–water partition coefficient (Wildman–Crippen LogP) is 5.38. The van der Waals surface area contributed by atoms with Gasteiger partial charge in [0, 0.05) is 10.6 Å². The van der Waals surface area contributed by atoms with Crippen LogP contribution in [-0.2, 0) is 0 Å². The number of hydrogen-bond acceptors (Lipinski definition) is 2.